The second-order valence-corrected chi connectivity index (χ2v) is 5.96. The molecule has 3 rings (SSSR count). The molecule has 1 heterocycles. The zero-order valence-corrected chi connectivity index (χ0v) is 14.0. The minimum absolute atomic E-state index is 0.00720. The molecule has 2 aromatic carbocycles. The average Bonchev–Trinajstić information content (AvgIpc) is 3.08. The highest BCUT2D eigenvalue weighted by molar-refractivity contribution is 6.06. The van der Waals surface area contributed by atoms with Crippen molar-refractivity contribution in [2.45, 2.75) is 32.6 Å². The average molecular weight is 322 g/mol. The Labute approximate surface area is 142 Å². The monoisotopic (exact) mass is 322 g/mol. The van der Waals surface area contributed by atoms with Crippen LogP contribution in [0, 0.1) is 0 Å². The van der Waals surface area contributed by atoms with E-state index in [0.29, 0.717) is 5.56 Å². The number of rotatable bonds is 7. The fourth-order valence-corrected chi connectivity index (χ4v) is 2.70. The molecule has 0 N–H and O–H groups in total. The molecule has 0 saturated carbocycles. The first-order valence-electron chi connectivity index (χ1n) is 8.47. The van der Waals surface area contributed by atoms with Crippen LogP contribution in [0.3, 0.4) is 0 Å². The van der Waals surface area contributed by atoms with Crippen LogP contribution in [0.4, 0.5) is 0 Å². The fourth-order valence-electron chi connectivity index (χ4n) is 2.70. The van der Waals surface area contributed by atoms with Gasteiger partial charge in [-0.05, 0) is 42.2 Å². The summed E-state index contributed by atoms with van der Waals surface area (Å²) < 4.78 is 10.6. The molecular weight excluding hydrogens is 300 g/mol. The highest BCUT2D eigenvalue weighted by atomic mass is 16.7. The van der Waals surface area contributed by atoms with Gasteiger partial charge in [-0.2, -0.15) is 0 Å². The molecule has 0 radical (unpaired) electrons. The van der Waals surface area contributed by atoms with Crippen molar-refractivity contribution in [3.05, 3.63) is 65.2 Å². The van der Waals surface area contributed by atoms with Gasteiger partial charge in [-0.15, -0.1) is 0 Å². The van der Waals surface area contributed by atoms with Crippen LogP contribution in [0.2, 0.25) is 0 Å². The van der Waals surface area contributed by atoms with Gasteiger partial charge in [-0.3, -0.25) is 4.79 Å². The molecule has 1 aliphatic rings. The Kier molecular flexibility index (Phi) is 5.32. The van der Waals surface area contributed by atoms with Gasteiger partial charge in [0.1, 0.15) is 0 Å². The van der Waals surface area contributed by atoms with Crippen molar-refractivity contribution in [2.24, 2.45) is 0 Å². The summed E-state index contributed by atoms with van der Waals surface area (Å²) in [6, 6.07) is 13.6. The fraction of sp³-hybridized carbons (Fsp3) is 0.286. The molecule has 1 aliphatic heterocycles. The van der Waals surface area contributed by atoms with E-state index in [-0.39, 0.29) is 12.6 Å². The summed E-state index contributed by atoms with van der Waals surface area (Å²) in [5.74, 6) is 1.48. The van der Waals surface area contributed by atoms with E-state index >= 15 is 0 Å². The van der Waals surface area contributed by atoms with E-state index in [1.165, 1.54) is 24.8 Å². The molecule has 124 valence electrons. The summed E-state index contributed by atoms with van der Waals surface area (Å²) in [6.07, 6.45) is 8.16. The highest BCUT2D eigenvalue weighted by Gasteiger charge is 2.12. The van der Waals surface area contributed by atoms with Crippen molar-refractivity contribution < 1.29 is 14.3 Å². The van der Waals surface area contributed by atoms with E-state index in [9.17, 15) is 4.79 Å². The molecule has 3 nitrogen and oxygen atoms in total. The minimum atomic E-state index is 0.00720. The Balaban J connectivity index is 1.62. The number of fused-ring (bicyclic) bond motifs is 1. The van der Waals surface area contributed by atoms with Crippen LogP contribution in [-0.2, 0) is 6.42 Å². The van der Waals surface area contributed by atoms with Gasteiger partial charge in [0, 0.05) is 5.56 Å². The summed E-state index contributed by atoms with van der Waals surface area (Å²) in [6.45, 7) is 2.46. The maximum absolute atomic E-state index is 12.3. The number of carbonyl (C=O) groups excluding carboxylic acids is 1. The Morgan fingerprint density at radius 3 is 2.62 bits per heavy atom. The predicted molar refractivity (Wildman–Crippen MR) is 95.6 cm³/mol. The quantitative estimate of drug-likeness (QED) is 0.407. The van der Waals surface area contributed by atoms with Gasteiger partial charge in [-0.1, -0.05) is 56.2 Å². The third-order valence-electron chi connectivity index (χ3n) is 4.13. The Morgan fingerprint density at radius 2 is 1.83 bits per heavy atom. The lowest BCUT2D eigenvalue weighted by Crippen LogP contribution is -1.95. The number of hydrogen-bond donors (Lipinski definition) is 0. The molecule has 0 amide bonds. The van der Waals surface area contributed by atoms with Crippen LogP contribution in [0.15, 0.2) is 48.5 Å². The minimum Gasteiger partial charge on any atom is -0.454 e. The Morgan fingerprint density at radius 1 is 1.04 bits per heavy atom. The molecule has 0 saturated heterocycles. The third kappa shape index (κ3) is 4.05. The standard InChI is InChI=1S/C21H22O3/c1-2-3-4-5-16-6-10-18(11-7-16)19(22)12-8-17-9-13-20-21(14-17)24-15-23-20/h6-14H,2-5,15H2,1H3/b12-8+. The lowest BCUT2D eigenvalue weighted by atomic mass is 10.0. The van der Waals surface area contributed by atoms with Gasteiger partial charge in [0.25, 0.3) is 0 Å². The van der Waals surface area contributed by atoms with E-state index in [4.69, 9.17) is 9.47 Å². The van der Waals surface area contributed by atoms with Gasteiger partial charge in [0.15, 0.2) is 17.3 Å². The summed E-state index contributed by atoms with van der Waals surface area (Å²) in [5.41, 5.74) is 2.93. The highest BCUT2D eigenvalue weighted by Crippen LogP contribution is 2.32. The first-order chi connectivity index (χ1) is 11.8. The first-order valence-corrected chi connectivity index (χ1v) is 8.47. The van der Waals surface area contributed by atoms with Gasteiger partial charge >= 0.3 is 0 Å². The molecular formula is C21H22O3. The van der Waals surface area contributed by atoms with Crippen LogP contribution >= 0.6 is 0 Å². The second-order valence-electron chi connectivity index (χ2n) is 5.96. The van der Waals surface area contributed by atoms with E-state index in [0.717, 1.165) is 23.5 Å². The molecule has 2 aromatic rings. The number of hydrogen-bond acceptors (Lipinski definition) is 3. The number of ketones is 1. The van der Waals surface area contributed by atoms with Crippen LogP contribution in [-0.4, -0.2) is 12.6 Å². The maximum atomic E-state index is 12.3. The summed E-state index contributed by atoms with van der Waals surface area (Å²) >= 11 is 0. The lowest BCUT2D eigenvalue weighted by Gasteiger charge is -2.02. The second kappa shape index (κ2) is 7.82. The number of benzene rings is 2. The molecule has 0 spiro atoms. The molecule has 0 bridgehead atoms. The van der Waals surface area contributed by atoms with Crippen LogP contribution < -0.4 is 9.47 Å². The number of allylic oxidation sites excluding steroid dienone is 1. The predicted octanol–water partition coefficient (Wildman–Crippen LogP) is 5.04. The smallest absolute Gasteiger partial charge is 0.231 e. The van der Waals surface area contributed by atoms with Crippen LogP contribution in [0.25, 0.3) is 6.08 Å². The summed E-state index contributed by atoms with van der Waals surface area (Å²) in [7, 11) is 0. The first kappa shape index (κ1) is 16.3. The summed E-state index contributed by atoms with van der Waals surface area (Å²) in [5, 5.41) is 0. The topological polar surface area (TPSA) is 35.5 Å². The number of unbranched alkanes of at least 4 members (excludes halogenated alkanes) is 2. The zero-order valence-electron chi connectivity index (χ0n) is 14.0. The van der Waals surface area contributed by atoms with Crippen LogP contribution in [0.1, 0.15) is 47.7 Å². The molecule has 0 unspecified atom stereocenters. The molecule has 24 heavy (non-hydrogen) atoms. The normalized spacial score (nSPS) is 12.7. The summed E-state index contributed by atoms with van der Waals surface area (Å²) in [4.78, 5) is 12.3. The SMILES string of the molecule is CCCCCc1ccc(C(=O)/C=C/c2ccc3c(c2)OCO3)cc1. The third-order valence-corrected chi connectivity index (χ3v) is 4.13. The maximum Gasteiger partial charge on any atom is 0.231 e. The number of aryl methyl sites for hydroxylation is 1. The number of ether oxygens (including phenoxy) is 2. The van der Waals surface area contributed by atoms with Crippen molar-refractivity contribution >= 4 is 11.9 Å². The van der Waals surface area contributed by atoms with E-state index < -0.39 is 0 Å². The molecule has 0 aromatic heterocycles. The van der Waals surface area contributed by atoms with Gasteiger partial charge < -0.3 is 9.47 Å². The van der Waals surface area contributed by atoms with Crippen molar-refractivity contribution in [1.82, 2.24) is 0 Å². The molecule has 3 heteroatoms. The molecule has 0 atom stereocenters. The van der Waals surface area contributed by atoms with Crippen molar-refractivity contribution in [3.63, 3.8) is 0 Å². The van der Waals surface area contributed by atoms with E-state index in [1.807, 2.05) is 30.3 Å². The largest absolute Gasteiger partial charge is 0.454 e. The van der Waals surface area contributed by atoms with Gasteiger partial charge in [0.05, 0.1) is 0 Å². The zero-order chi connectivity index (χ0) is 16.8. The van der Waals surface area contributed by atoms with E-state index in [2.05, 4.69) is 19.1 Å². The molecule has 0 fully saturated rings. The Hall–Kier alpha value is -2.55. The Bertz CT molecular complexity index is 729. The molecule has 0 aliphatic carbocycles. The van der Waals surface area contributed by atoms with E-state index in [1.54, 1.807) is 12.2 Å². The van der Waals surface area contributed by atoms with Crippen LogP contribution in [0.5, 0.6) is 11.5 Å². The number of carbonyl (C=O) groups is 1. The van der Waals surface area contributed by atoms with Gasteiger partial charge in [0.2, 0.25) is 6.79 Å². The van der Waals surface area contributed by atoms with Crippen molar-refractivity contribution in [3.8, 4) is 11.5 Å². The van der Waals surface area contributed by atoms with Gasteiger partial charge in [-0.25, -0.2) is 0 Å². The lowest BCUT2D eigenvalue weighted by molar-refractivity contribution is 0.104. The van der Waals surface area contributed by atoms with Crippen molar-refractivity contribution in [2.75, 3.05) is 6.79 Å². The van der Waals surface area contributed by atoms with Crippen molar-refractivity contribution in [1.29, 1.82) is 0 Å².